The number of nitrogens with one attached hydrogen (secondary N) is 3. The van der Waals surface area contributed by atoms with Crippen LogP contribution in [0.4, 0.5) is 0 Å². The van der Waals surface area contributed by atoms with Gasteiger partial charge in [0.2, 0.25) is 0 Å². The van der Waals surface area contributed by atoms with E-state index in [4.69, 9.17) is 40.2 Å². The van der Waals surface area contributed by atoms with Gasteiger partial charge in [-0.15, -0.1) is 0 Å². The normalized spacial score (nSPS) is 10.0. The fourth-order valence-electron chi connectivity index (χ4n) is 1.87. The lowest BCUT2D eigenvalue weighted by Crippen LogP contribution is -2.48. The number of amides is 2. The molecule has 0 unspecified atom stereocenters. The van der Waals surface area contributed by atoms with Gasteiger partial charge in [-0.1, -0.05) is 23.2 Å². The molecule has 0 aliphatic carbocycles. The zero-order valence-corrected chi connectivity index (χ0v) is 17.7. The van der Waals surface area contributed by atoms with Crippen LogP contribution in [0.5, 0.6) is 5.75 Å². The summed E-state index contributed by atoms with van der Waals surface area (Å²) < 4.78 is 5.92. The molecule has 0 fully saturated rings. The second-order valence-electron chi connectivity index (χ2n) is 4.84. The molecular formula is C16H12Cl2IN3O3S. The minimum atomic E-state index is -0.526. The van der Waals surface area contributed by atoms with Crippen LogP contribution in [0.3, 0.4) is 0 Å². The molecule has 0 heterocycles. The van der Waals surface area contributed by atoms with Gasteiger partial charge in [-0.25, -0.2) is 0 Å². The number of halogens is 3. The number of hydrogen-bond donors (Lipinski definition) is 3. The van der Waals surface area contributed by atoms with Crippen LogP contribution < -0.4 is 20.9 Å². The Balaban J connectivity index is 1.93. The first kappa shape index (κ1) is 20.7. The van der Waals surface area contributed by atoms with E-state index in [1.165, 1.54) is 18.2 Å². The van der Waals surface area contributed by atoms with E-state index < -0.39 is 11.8 Å². The SMILES string of the molecule is COc1ccc(C(=O)NC(=S)NNC(=O)c2ccc(Cl)cc2Cl)cc1I. The number of carbonyl (C=O) groups is 2. The molecule has 3 N–H and O–H groups in total. The molecule has 10 heteroatoms. The van der Waals surface area contributed by atoms with Gasteiger partial charge in [0.1, 0.15) is 5.75 Å². The Morgan fingerprint density at radius 3 is 2.42 bits per heavy atom. The van der Waals surface area contributed by atoms with Crippen molar-refractivity contribution in [2.75, 3.05) is 7.11 Å². The third kappa shape index (κ3) is 5.44. The maximum absolute atomic E-state index is 12.2. The second kappa shape index (κ2) is 9.36. The van der Waals surface area contributed by atoms with Gasteiger partial charge in [0.05, 0.1) is 21.3 Å². The van der Waals surface area contributed by atoms with E-state index in [1.54, 1.807) is 25.3 Å². The van der Waals surface area contributed by atoms with Crippen LogP contribution in [0.2, 0.25) is 10.0 Å². The predicted molar refractivity (Wildman–Crippen MR) is 113 cm³/mol. The number of carbonyl (C=O) groups excluding carboxylic acids is 2. The maximum Gasteiger partial charge on any atom is 0.271 e. The highest BCUT2D eigenvalue weighted by Gasteiger charge is 2.13. The summed E-state index contributed by atoms with van der Waals surface area (Å²) in [6, 6.07) is 9.39. The van der Waals surface area contributed by atoms with Crippen LogP contribution in [-0.2, 0) is 0 Å². The molecule has 26 heavy (non-hydrogen) atoms. The Kier molecular flexibility index (Phi) is 7.44. The largest absolute Gasteiger partial charge is 0.496 e. The van der Waals surface area contributed by atoms with E-state index in [9.17, 15) is 9.59 Å². The highest BCUT2D eigenvalue weighted by molar-refractivity contribution is 14.1. The van der Waals surface area contributed by atoms with Crippen molar-refractivity contribution in [2.45, 2.75) is 0 Å². The van der Waals surface area contributed by atoms with Gasteiger partial charge in [0.15, 0.2) is 5.11 Å². The van der Waals surface area contributed by atoms with Crippen LogP contribution in [0, 0.1) is 3.57 Å². The third-order valence-corrected chi connectivity index (χ3v) is 4.70. The highest BCUT2D eigenvalue weighted by atomic mass is 127. The zero-order valence-electron chi connectivity index (χ0n) is 13.2. The van der Waals surface area contributed by atoms with Crippen molar-refractivity contribution in [2.24, 2.45) is 0 Å². The van der Waals surface area contributed by atoms with E-state index in [-0.39, 0.29) is 15.7 Å². The van der Waals surface area contributed by atoms with Gasteiger partial charge in [0.25, 0.3) is 11.8 Å². The van der Waals surface area contributed by atoms with Crippen LogP contribution in [0.15, 0.2) is 36.4 Å². The summed E-state index contributed by atoms with van der Waals surface area (Å²) in [5.74, 6) is -0.293. The molecule has 0 bridgehead atoms. The molecule has 0 spiro atoms. The molecule has 0 radical (unpaired) electrons. The Hall–Kier alpha value is -1.62. The lowest BCUT2D eigenvalue weighted by molar-refractivity contribution is 0.0934. The first-order chi connectivity index (χ1) is 12.3. The Bertz CT molecular complexity index is 880. The first-order valence-corrected chi connectivity index (χ1v) is 9.26. The van der Waals surface area contributed by atoms with Gasteiger partial charge >= 0.3 is 0 Å². The number of rotatable bonds is 3. The molecule has 0 aliphatic heterocycles. The molecule has 0 saturated heterocycles. The Labute approximate surface area is 178 Å². The minimum absolute atomic E-state index is 0.0701. The average Bonchev–Trinajstić information content (AvgIpc) is 2.59. The number of methoxy groups -OCH3 is 1. The first-order valence-electron chi connectivity index (χ1n) is 7.02. The number of thiocarbonyl (C=S) groups is 1. The summed E-state index contributed by atoms with van der Waals surface area (Å²) in [5, 5.41) is 3.00. The smallest absolute Gasteiger partial charge is 0.271 e. The molecule has 0 aliphatic rings. The predicted octanol–water partition coefficient (Wildman–Crippen LogP) is 3.56. The highest BCUT2D eigenvalue weighted by Crippen LogP contribution is 2.22. The minimum Gasteiger partial charge on any atom is -0.496 e. The van der Waals surface area contributed by atoms with Crippen molar-refractivity contribution in [3.63, 3.8) is 0 Å². The molecule has 2 aromatic rings. The molecule has 136 valence electrons. The van der Waals surface area contributed by atoms with Crippen LogP contribution >= 0.6 is 58.0 Å². The van der Waals surface area contributed by atoms with Crippen LogP contribution in [-0.4, -0.2) is 24.0 Å². The van der Waals surface area contributed by atoms with Gasteiger partial charge < -0.3 is 4.74 Å². The second-order valence-corrected chi connectivity index (χ2v) is 7.25. The zero-order chi connectivity index (χ0) is 19.3. The van der Waals surface area contributed by atoms with E-state index >= 15 is 0 Å². The summed E-state index contributed by atoms with van der Waals surface area (Å²) in [6.07, 6.45) is 0. The fourth-order valence-corrected chi connectivity index (χ4v) is 3.24. The molecule has 0 atom stereocenters. The van der Waals surface area contributed by atoms with E-state index in [0.29, 0.717) is 16.3 Å². The van der Waals surface area contributed by atoms with Crippen molar-refractivity contribution in [3.8, 4) is 5.75 Å². The lowest BCUT2D eigenvalue weighted by atomic mass is 10.2. The number of ether oxygens (including phenoxy) is 1. The van der Waals surface area contributed by atoms with E-state index in [0.717, 1.165) is 3.57 Å². The summed E-state index contributed by atoms with van der Waals surface area (Å²) in [7, 11) is 1.55. The van der Waals surface area contributed by atoms with Crippen LogP contribution in [0.25, 0.3) is 0 Å². The molecule has 2 amide bonds. The van der Waals surface area contributed by atoms with Crippen molar-refractivity contribution in [3.05, 3.63) is 61.1 Å². The quantitative estimate of drug-likeness (QED) is 0.326. The summed E-state index contributed by atoms with van der Waals surface area (Å²) in [5.41, 5.74) is 5.40. The number of hydrazine groups is 1. The molecular weight excluding hydrogens is 512 g/mol. The summed E-state index contributed by atoms with van der Waals surface area (Å²) in [4.78, 5) is 24.2. The van der Waals surface area contributed by atoms with Gasteiger partial charge in [0, 0.05) is 10.6 Å². The number of hydrogen-bond acceptors (Lipinski definition) is 4. The average molecular weight is 524 g/mol. The topological polar surface area (TPSA) is 79.5 Å². The van der Waals surface area contributed by atoms with Crippen molar-refractivity contribution >= 4 is 74.9 Å². The van der Waals surface area contributed by atoms with Crippen molar-refractivity contribution in [1.82, 2.24) is 16.2 Å². The summed E-state index contributed by atoms with van der Waals surface area (Å²) >= 11 is 18.8. The standard InChI is InChI=1S/C16H12Cl2IN3O3S/c1-25-13-5-2-8(6-12(13)19)14(23)20-16(26)22-21-15(24)10-4-3-9(17)7-11(10)18/h2-7H,1H3,(H,21,24)(H2,20,22,23,26). The molecule has 2 rings (SSSR count). The number of benzene rings is 2. The monoisotopic (exact) mass is 523 g/mol. The van der Waals surface area contributed by atoms with Gasteiger partial charge in [-0.05, 0) is 71.2 Å². The lowest BCUT2D eigenvalue weighted by Gasteiger charge is -2.12. The molecule has 2 aromatic carbocycles. The van der Waals surface area contributed by atoms with Crippen molar-refractivity contribution in [1.29, 1.82) is 0 Å². The van der Waals surface area contributed by atoms with Crippen LogP contribution in [0.1, 0.15) is 20.7 Å². The van der Waals surface area contributed by atoms with Gasteiger partial charge in [-0.2, -0.15) is 0 Å². The van der Waals surface area contributed by atoms with E-state index in [2.05, 4.69) is 38.8 Å². The molecule has 0 aromatic heterocycles. The Morgan fingerprint density at radius 1 is 1.08 bits per heavy atom. The fraction of sp³-hybridized carbons (Fsp3) is 0.0625. The van der Waals surface area contributed by atoms with E-state index in [1.807, 2.05) is 0 Å². The third-order valence-electron chi connectivity index (χ3n) is 3.11. The maximum atomic E-state index is 12.2. The molecule has 6 nitrogen and oxygen atoms in total. The summed E-state index contributed by atoms with van der Waals surface area (Å²) in [6.45, 7) is 0. The van der Waals surface area contributed by atoms with Crippen molar-refractivity contribution < 1.29 is 14.3 Å². The Morgan fingerprint density at radius 2 is 1.81 bits per heavy atom. The molecule has 0 saturated carbocycles. The van der Waals surface area contributed by atoms with Gasteiger partial charge in [-0.3, -0.25) is 25.8 Å².